The standard InChI is InChI=1S/C20H35N3O5/c21-23-22-1-2-24-3-4-25-5-6-26-7-8-27-9-10-28-20-14-17-11-18(15-20)13-19(12-17)16-20/h17-19H,1-16H2. The van der Waals surface area contributed by atoms with Crippen molar-refractivity contribution in [1.82, 2.24) is 0 Å². The van der Waals surface area contributed by atoms with Crippen molar-refractivity contribution in [3.8, 4) is 0 Å². The summed E-state index contributed by atoms with van der Waals surface area (Å²) in [7, 11) is 0. The van der Waals surface area contributed by atoms with E-state index >= 15 is 0 Å². The van der Waals surface area contributed by atoms with Gasteiger partial charge in [-0.25, -0.2) is 0 Å². The number of azide groups is 1. The first-order valence-electron chi connectivity index (χ1n) is 10.8. The highest BCUT2D eigenvalue weighted by Crippen LogP contribution is 2.57. The highest BCUT2D eigenvalue weighted by atomic mass is 16.6. The summed E-state index contributed by atoms with van der Waals surface area (Å²) < 4.78 is 28.1. The zero-order valence-corrected chi connectivity index (χ0v) is 16.9. The van der Waals surface area contributed by atoms with Gasteiger partial charge in [0.15, 0.2) is 0 Å². The molecular formula is C20H35N3O5. The highest BCUT2D eigenvalue weighted by molar-refractivity contribution is 5.03. The van der Waals surface area contributed by atoms with Crippen LogP contribution in [0.25, 0.3) is 10.4 Å². The molecule has 0 N–H and O–H groups in total. The molecule has 4 rings (SSSR count). The smallest absolute Gasteiger partial charge is 0.0708 e. The van der Waals surface area contributed by atoms with E-state index < -0.39 is 0 Å². The Labute approximate surface area is 167 Å². The van der Waals surface area contributed by atoms with Crippen LogP contribution in [-0.2, 0) is 23.7 Å². The molecule has 4 bridgehead atoms. The molecule has 0 aliphatic heterocycles. The lowest BCUT2D eigenvalue weighted by Gasteiger charge is -2.56. The third-order valence-electron chi connectivity index (χ3n) is 6.13. The molecule has 0 aromatic carbocycles. The fraction of sp³-hybridized carbons (Fsp3) is 1.00. The molecule has 0 heterocycles. The molecule has 4 fully saturated rings. The first kappa shape index (κ1) is 21.8. The van der Waals surface area contributed by atoms with Crippen LogP contribution >= 0.6 is 0 Å². The van der Waals surface area contributed by atoms with Crippen molar-refractivity contribution in [2.75, 3.05) is 66.0 Å². The van der Waals surface area contributed by atoms with E-state index in [1.54, 1.807) is 0 Å². The second kappa shape index (κ2) is 12.0. The maximum absolute atomic E-state index is 8.11. The largest absolute Gasteiger partial charge is 0.379 e. The maximum atomic E-state index is 8.11. The predicted octanol–water partition coefficient (Wildman–Crippen LogP) is 3.35. The second-order valence-corrected chi connectivity index (χ2v) is 8.35. The van der Waals surface area contributed by atoms with Crippen molar-refractivity contribution < 1.29 is 23.7 Å². The summed E-state index contributed by atoms with van der Waals surface area (Å²) in [6.45, 7) is 5.38. The third kappa shape index (κ3) is 7.17. The SMILES string of the molecule is [N-]=[N+]=NCCOCCOCCOCCOCCOC12CC3CC(CC(C3)C1)C2. The molecular weight excluding hydrogens is 362 g/mol. The van der Waals surface area contributed by atoms with E-state index in [-0.39, 0.29) is 5.60 Å². The molecule has 0 amide bonds. The average molecular weight is 398 g/mol. The van der Waals surface area contributed by atoms with Gasteiger partial charge in [0.1, 0.15) is 0 Å². The quantitative estimate of drug-likeness (QED) is 0.172. The van der Waals surface area contributed by atoms with Gasteiger partial charge in [-0.05, 0) is 61.8 Å². The Morgan fingerprint density at radius 2 is 1.11 bits per heavy atom. The van der Waals surface area contributed by atoms with E-state index in [1.165, 1.54) is 38.5 Å². The minimum atomic E-state index is 0.179. The Bertz CT molecular complexity index is 463. The van der Waals surface area contributed by atoms with Gasteiger partial charge in [0.2, 0.25) is 0 Å². The molecule has 0 spiro atoms. The molecule has 160 valence electrons. The molecule has 0 unspecified atom stereocenters. The van der Waals surface area contributed by atoms with Gasteiger partial charge in [-0.2, -0.15) is 0 Å². The Hall–Kier alpha value is -0.890. The summed E-state index contributed by atoms with van der Waals surface area (Å²) in [6.07, 6.45) is 8.18. The normalized spacial score (nSPS) is 30.5. The Morgan fingerprint density at radius 1 is 0.679 bits per heavy atom. The lowest BCUT2D eigenvalue weighted by molar-refractivity contribution is -0.169. The van der Waals surface area contributed by atoms with Crippen LogP contribution in [0.5, 0.6) is 0 Å². The van der Waals surface area contributed by atoms with E-state index in [9.17, 15) is 0 Å². The molecule has 8 heteroatoms. The van der Waals surface area contributed by atoms with Gasteiger partial charge >= 0.3 is 0 Å². The molecule has 4 saturated carbocycles. The van der Waals surface area contributed by atoms with Crippen LogP contribution in [0.15, 0.2) is 5.11 Å². The molecule has 0 atom stereocenters. The summed E-state index contributed by atoms with van der Waals surface area (Å²) in [6, 6.07) is 0. The van der Waals surface area contributed by atoms with Gasteiger partial charge in [-0.3, -0.25) is 0 Å². The summed E-state index contributed by atoms with van der Waals surface area (Å²) in [4.78, 5) is 2.65. The minimum absolute atomic E-state index is 0.179. The van der Waals surface area contributed by atoms with Crippen LogP contribution in [0.4, 0.5) is 0 Å². The molecule has 4 aliphatic carbocycles. The van der Waals surface area contributed by atoms with Gasteiger partial charge in [0, 0.05) is 11.5 Å². The van der Waals surface area contributed by atoms with Gasteiger partial charge in [0.25, 0.3) is 0 Å². The van der Waals surface area contributed by atoms with Crippen molar-refractivity contribution >= 4 is 0 Å². The highest BCUT2D eigenvalue weighted by Gasteiger charge is 2.51. The number of hydrogen-bond acceptors (Lipinski definition) is 6. The molecule has 0 saturated heterocycles. The zero-order valence-electron chi connectivity index (χ0n) is 16.9. The summed E-state index contributed by atoms with van der Waals surface area (Å²) >= 11 is 0. The van der Waals surface area contributed by atoms with Gasteiger partial charge in [0.05, 0.1) is 65.1 Å². The minimum Gasteiger partial charge on any atom is -0.379 e. The van der Waals surface area contributed by atoms with Gasteiger partial charge < -0.3 is 23.7 Å². The first-order chi connectivity index (χ1) is 13.8. The maximum Gasteiger partial charge on any atom is 0.0708 e. The summed E-state index contributed by atoms with van der Waals surface area (Å²) in [5.41, 5.74) is 8.29. The van der Waals surface area contributed by atoms with Crippen LogP contribution < -0.4 is 0 Å². The van der Waals surface area contributed by atoms with Crippen LogP contribution in [0.3, 0.4) is 0 Å². The topological polar surface area (TPSA) is 94.9 Å². The molecule has 28 heavy (non-hydrogen) atoms. The van der Waals surface area contributed by atoms with E-state index in [2.05, 4.69) is 10.0 Å². The average Bonchev–Trinajstić information content (AvgIpc) is 2.66. The van der Waals surface area contributed by atoms with Crippen molar-refractivity contribution in [3.05, 3.63) is 10.4 Å². The Morgan fingerprint density at radius 3 is 1.57 bits per heavy atom. The lowest BCUT2D eigenvalue weighted by atomic mass is 9.54. The predicted molar refractivity (Wildman–Crippen MR) is 104 cm³/mol. The summed E-state index contributed by atoms with van der Waals surface area (Å²) in [5, 5.41) is 3.38. The van der Waals surface area contributed by atoms with Gasteiger partial charge in [-0.1, -0.05) is 5.11 Å². The Kier molecular flexibility index (Phi) is 9.31. The third-order valence-corrected chi connectivity index (χ3v) is 6.13. The molecule has 0 aromatic heterocycles. The lowest BCUT2D eigenvalue weighted by Crippen LogP contribution is -2.52. The fourth-order valence-corrected chi connectivity index (χ4v) is 5.44. The second-order valence-electron chi connectivity index (χ2n) is 8.35. The van der Waals surface area contributed by atoms with E-state index in [1.807, 2.05) is 0 Å². The van der Waals surface area contributed by atoms with Crippen molar-refractivity contribution in [2.45, 2.75) is 44.1 Å². The van der Waals surface area contributed by atoms with Crippen LogP contribution in [0.2, 0.25) is 0 Å². The Balaban J connectivity index is 1.07. The van der Waals surface area contributed by atoms with Gasteiger partial charge in [-0.15, -0.1) is 0 Å². The van der Waals surface area contributed by atoms with Crippen LogP contribution in [0, 0.1) is 17.8 Å². The van der Waals surface area contributed by atoms with Crippen molar-refractivity contribution in [2.24, 2.45) is 22.9 Å². The first-order valence-corrected chi connectivity index (χ1v) is 10.8. The number of nitrogens with zero attached hydrogens (tertiary/aromatic N) is 3. The fourth-order valence-electron chi connectivity index (χ4n) is 5.44. The van der Waals surface area contributed by atoms with Crippen LogP contribution in [0.1, 0.15) is 38.5 Å². The molecule has 0 aromatic rings. The van der Waals surface area contributed by atoms with Crippen molar-refractivity contribution in [1.29, 1.82) is 0 Å². The number of ether oxygens (including phenoxy) is 5. The summed E-state index contributed by atoms with van der Waals surface area (Å²) in [5.74, 6) is 2.77. The molecule has 8 nitrogen and oxygen atoms in total. The number of rotatable bonds is 16. The molecule has 4 aliphatic rings. The van der Waals surface area contributed by atoms with E-state index in [0.717, 1.165) is 17.8 Å². The monoisotopic (exact) mass is 397 g/mol. The van der Waals surface area contributed by atoms with Crippen molar-refractivity contribution in [3.63, 3.8) is 0 Å². The number of hydrogen-bond donors (Lipinski definition) is 0. The van der Waals surface area contributed by atoms with Crippen LogP contribution in [-0.4, -0.2) is 71.6 Å². The molecule has 0 radical (unpaired) electrons. The van der Waals surface area contributed by atoms with E-state index in [4.69, 9.17) is 29.2 Å². The van der Waals surface area contributed by atoms with E-state index in [0.29, 0.717) is 66.0 Å². The zero-order chi connectivity index (χ0) is 19.5.